The van der Waals surface area contributed by atoms with Gasteiger partial charge in [0.15, 0.2) is 0 Å². The van der Waals surface area contributed by atoms with Gasteiger partial charge < -0.3 is 25.6 Å². The predicted molar refractivity (Wildman–Crippen MR) is 79.5 cm³/mol. The largest absolute Gasteiger partial charge is 0.477 e. The first-order valence-corrected chi connectivity index (χ1v) is 6.85. The van der Waals surface area contributed by atoms with Crippen LogP contribution in [0.5, 0.6) is 0 Å². The van der Waals surface area contributed by atoms with E-state index in [9.17, 15) is 19.8 Å². The minimum atomic E-state index is -1.12. The van der Waals surface area contributed by atoms with Crippen molar-refractivity contribution in [1.82, 2.24) is 10.3 Å². The molecule has 2 unspecified atom stereocenters. The van der Waals surface area contributed by atoms with Gasteiger partial charge in [-0.1, -0.05) is 12.1 Å². The Kier molecular flexibility index (Phi) is 4.79. The van der Waals surface area contributed by atoms with E-state index in [1.807, 2.05) is 0 Å². The number of aliphatic hydroxyl groups is 2. The maximum absolute atomic E-state index is 10.9. The first kappa shape index (κ1) is 16.0. The Morgan fingerprint density at radius 2 is 2.00 bits per heavy atom. The van der Waals surface area contributed by atoms with Crippen LogP contribution in [0.1, 0.15) is 35.5 Å². The molecule has 2 aromatic rings. The number of carboxylic acids is 1. The molecule has 0 radical (unpaired) electrons. The molecule has 2 rings (SSSR count). The van der Waals surface area contributed by atoms with Crippen LogP contribution < -0.4 is 5.32 Å². The van der Waals surface area contributed by atoms with Gasteiger partial charge in [0.2, 0.25) is 5.91 Å². The zero-order chi connectivity index (χ0) is 16.3. The van der Waals surface area contributed by atoms with Gasteiger partial charge in [-0.3, -0.25) is 4.79 Å². The molecule has 2 atom stereocenters. The van der Waals surface area contributed by atoms with Crippen LogP contribution in [0, 0.1) is 0 Å². The van der Waals surface area contributed by atoms with Crippen LogP contribution in [-0.4, -0.2) is 44.8 Å². The van der Waals surface area contributed by atoms with Crippen LogP contribution in [0.15, 0.2) is 24.3 Å². The van der Waals surface area contributed by atoms with Crippen molar-refractivity contribution >= 4 is 22.8 Å². The van der Waals surface area contributed by atoms with Crippen LogP contribution in [-0.2, 0) is 4.79 Å². The topological polar surface area (TPSA) is 123 Å². The van der Waals surface area contributed by atoms with Crippen molar-refractivity contribution in [3.05, 3.63) is 35.5 Å². The molecule has 5 N–H and O–H groups in total. The molecule has 1 aromatic heterocycles. The molecule has 0 saturated heterocycles. The number of nitrogens with one attached hydrogen (secondary N) is 2. The molecule has 7 heteroatoms. The van der Waals surface area contributed by atoms with Crippen LogP contribution in [0.25, 0.3) is 10.9 Å². The van der Waals surface area contributed by atoms with E-state index in [4.69, 9.17) is 5.11 Å². The second kappa shape index (κ2) is 6.59. The summed E-state index contributed by atoms with van der Waals surface area (Å²) in [5, 5.41) is 32.3. The summed E-state index contributed by atoms with van der Waals surface area (Å²) in [4.78, 5) is 24.4. The van der Waals surface area contributed by atoms with Gasteiger partial charge in [-0.15, -0.1) is 0 Å². The first-order chi connectivity index (χ1) is 10.4. The predicted octanol–water partition coefficient (Wildman–Crippen LogP) is 0.787. The van der Waals surface area contributed by atoms with E-state index >= 15 is 0 Å². The number of aromatic carboxylic acids is 1. The lowest BCUT2D eigenvalue weighted by molar-refractivity contribution is -0.119. The van der Waals surface area contributed by atoms with Gasteiger partial charge in [0.05, 0.1) is 6.10 Å². The quantitative estimate of drug-likeness (QED) is 0.540. The summed E-state index contributed by atoms with van der Waals surface area (Å²) in [6.45, 7) is 1.64. The number of aliphatic hydroxyl groups excluding tert-OH is 2. The standard InChI is InChI=1S/C15H18N2O5/c1-8(18)16-5-4-13(19)14(20)10-3-2-9-6-12(15(21)22)17-11(9)7-10/h2-3,6-7,13-14,17,19-20H,4-5H2,1H3,(H,16,18)(H,21,22). The highest BCUT2D eigenvalue weighted by molar-refractivity contribution is 5.93. The average Bonchev–Trinajstić information content (AvgIpc) is 2.89. The number of aromatic amines is 1. The van der Waals surface area contributed by atoms with Crippen molar-refractivity contribution in [2.24, 2.45) is 0 Å². The Morgan fingerprint density at radius 3 is 2.64 bits per heavy atom. The lowest BCUT2D eigenvalue weighted by Crippen LogP contribution is -2.27. The molecule has 22 heavy (non-hydrogen) atoms. The molecule has 7 nitrogen and oxygen atoms in total. The molecule has 1 heterocycles. The molecule has 0 aliphatic carbocycles. The summed E-state index contributed by atoms with van der Waals surface area (Å²) in [6, 6.07) is 6.42. The van der Waals surface area contributed by atoms with Crippen LogP contribution in [0.2, 0.25) is 0 Å². The zero-order valence-electron chi connectivity index (χ0n) is 12.0. The van der Waals surface area contributed by atoms with E-state index < -0.39 is 18.2 Å². The smallest absolute Gasteiger partial charge is 0.352 e. The van der Waals surface area contributed by atoms with Crippen LogP contribution in [0.4, 0.5) is 0 Å². The van der Waals surface area contributed by atoms with Crippen molar-refractivity contribution in [3.63, 3.8) is 0 Å². The van der Waals surface area contributed by atoms with Gasteiger partial charge in [-0.25, -0.2) is 4.79 Å². The van der Waals surface area contributed by atoms with Crippen molar-refractivity contribution in [1.29, 1.82) is 0 Å². The molecule has 1 amide bonds. The van der Waals surface area contributed by atoms with Gasteiger partial charge in [0.25, 0.3) is 0 Å². The van der Waals surface area contributed by atoms with Gasteiger partial charge in [-0.05, 0) is 24.1 Å². The third kappa shape index (κ3) is 3.63. The maximum atomic E-state index is 10.9. The molecular formula is C15H18N2O5. The first-order valence-electron chi connectivity index (χ1n) is 6.85. The second-order valence-electron chi connectivity index (χ2n) is 5.12. The fraction of sp³-hybridized carbons (Fsp3) is 0.333. The highest BCUT2D eigenvalue weighted by atomic mass is 16.4. The Balaban J connectivity index is 2.11. The lowest BCUT2D eigenvalue weighted by Gasteiger charge is -2.18. The van der Waals surface area contributed by atoms with E-state index in [1.165, 1.54) is 13.0 Å². The Labute approximate surface area is 126 Å². The van der Waals surface area contributed by atoms with Crippen molar-refractivity contribution in [2.75, 3.05) is 6.54 Å². The average molecular weight is 306 g/mol. The Hall–Kier alpha value is -2.38. The number of H-pyrrole nitrogens is 1. The number of carboxylic acid groups (broad SMARTS) is 1. The normalized spacial score (nSPS) is 13.8. The van der Waals surface area contributed by atoms with Gasteiger partial charge in [-0.2, -0.15) is 0 Å². The monoisotopic (exact) mass is 306 g/mol. The fourth-order valence-electron chi connectivity index (χ4n) is 2.22. The minimum absolute atomic E-state index is 0.0628. The third-order valence-corrected chi connectivity index (χ3v) is 3.40. The number of amides is 1. The lowest BCUT2D eigenvalue weighted by atomic mass is 10.0. The highest BCUT2D eigenvalue weighted by Gasteiger charge is 2.19. The van der Waals surface area contributed by atoms with Crippen molar-refractivity contribution in [3.8, 4) is 0 Å². The molecule has 118 valence electrons. The summed E-state index contributed by atoms with van der Waals surface area (Å²) >= 11 is 0. The maximum Gasteiger partial charge on any atom is 0.352 e. The third-order valence-electron chi connectivity index (χ3n) is 3.40. The van der Waals surface area contributed by atoms with Gasteiger partial charge in [0, 0.05) is 24.4 Å². The number of benzene rings is 1. The molecule has 0 aliphatic rings. The zero-order valence-corrected chi connectivity index (χ0v) is 12.0. The van der Waals surface area contributed by atoms with Gasteiger partial charge >= 0.3 is 5.97 Å². The second-order valence-corrected chi connectivity index (χ2v) is 5.12. The number of fused-ring (bicyclic) bond motifs is 1. The summed E-state index contributed by atoms with van der Waals surface area (Å²) in [6.07, 6.45) is -1.93. The van der Waals surface area contributed by atoms with Crippen molar-refractivity contribution < 1.29 is 24.9 Å². The highest BCUT2D eigenvalue weighted by Crippen LogP contribution is 2.24. The van der Waals surface area contributed by atoms with Gasteiger partial charge in [0.1, 0.15) is 11.8 Å². The molecular weight excluding hydrogens is 288 g/mol. The number of carbonyl (C=O) groups is 2. The molecule has 1 aromatic carbocycles. The number of carbonyl (C=O) groups excluding carboxylic acids is 1. The summed E-state index contributed by atoms with van der Waals surface area (Å²) in [7, 11) is 0. The molecule has 0 spiro atoms. The SMILES string of the molecule is CC(=O)NCCC(O)C(O)c1ccc2cc(C(=O)O)[nH]c2c1. The van der Waals surface area contributed by atoms with E-state index in [0.717, 1.165) is 0 Å². The summed E-state index contributed by atoms with van der Waals surface area (Å²) in [5.74, 6) is -1.26. The van der Waals surface area contributed by atoms with E-state index in [1.54, 1.807) is 18.2 Å². The number of rotatable bonds is 6. The molecule has 0 aliphatic heterocycles. The fourth-order valence-corrected chi connectivity index (χ4v) is 2.22. The summed E-state index contributed by atoms with van der Waals surface area (Å²) < 4.78 is 0. The molecule has 0 fully saturated rings. The number of hydrogen-bond acceptors (Lipinski definition) is 4. The number of hydrogen-bond donors (Lipinski definition) is 5. The van der Waals surface area contributed by atoms with E-state index in [-0.39, 0.29) is 24.6 Å². The minimum Gasteiger partial charge on any atom is -0.477 e. The van der Waals surface area contributed by atoms with Crippen molar-refractivity contribution in [2.45, 2.75) is 25.6 Å². The molecule has 0 bridgehead atoms. The van der Waals surface area contributed by atoms with Crippen LogP contribution >= 0.6 is 0 Å². The van der Waals surface area contributed by atoms with Crippen LogP contribution in [0.3, 0.4) is 0 Å². The Bertz CT molecular complexity index is 694. The number of aromatic nitrogens is 1. The Morgan fingerprint density at radius 1 is 1.27 bits per heavy atom. The molecule has 0 saturated carbocycles. The van der Waals surface area contributed by atoms with E-state index in [0.29, 0.717) is 16.5 Å². The van der Waals surface area contributed by atoms with E-state index in [2.05, 4.69) is 10.3 Å². The summed E-state index contributed by atoms with van der Waals surface area (Å²) in [5.41, 5.74) is 1.11.